The molecule has 22 heteroatoms. The number of amidine groups is 2. The monoisotopic (exact) mass is 967 g/mol. The SMILES string of the molecule is CC(C)CCN1C(=O)C(C2=NS(=O)(=O)c3cc(N4C(C5=C(O)C6C7CCC(O7)C6N(CCC(C)C)C5=O)=NS(=O)(=O)c5cc(N(C)S(C)(=O)=O)ccc54)ccc3N2)=C(O)C2C3CCC(O3)C21. The fourth-order valence-corrected chi connectivity index (χ4v) is 13.9. The number of aliphatic hydroxyl groups excluding tert-OH is 2. The molecule has 4 bridgehead atoms. The number of hydrogen-bond acceptors (Lipinski definition) is 14. The van der Waals surface area contributed by atoms with Gasteiger partial charge in [0.05, 0.1) is 71.7 Å². The molecule has 8 aliphatic rings. The van der Waals surface area contributed by atoms with Crippen LogP contribution < -0.4 is 14.5 Å². The van der Waals surface area contributed by atoms with Gasteiger partial charge in [0, 0.05) is 25.8 Å². The van der Waals surface area contributed by atoms with Crippen LogP contribution in [0.25, 0.3) is 0 Å². The maximum Gasteiger partial charge on any atom is 0.286 e. The zero-order chi connectivity index (χ0) is 47.1. The first-order valence-corrected chi connectivity index (χ1v) is 27.1. The number of nitrogens with one attached hydrogen (secondary N) is 1. The molecule has 8 heterocycles. The molecule has 354 valence electrons. The summed E-state index contributed by atoms with van der Waals surface area (Å²) in [4.78, 5) is 33.0. The highest BCUT2D eigenvalue weighted by Crippen LogP contribution is 2.51. The van der Waals surface area contributed by atoms with Crippen molar-refractivity contribution in [3.8, 4) is 0 Å². The standard InChI is InChI=1S/C44H53N7O12S3/c1-21(2)15-17-49-37-29-13-11-27(62-29)33(37)39(52)35(43(49)54)41-45-25-9-7-24(20-31(25)65(58,59)46-41)51-26-10-8-23(48(5)64(6,56)57)19-32(26)66(60,61)47-42(51)36-40(53)34-28-12-14-30(63-28)38(34)50(44(36)55)18-16-22(3)4/h7-10,19-22,27-30,33-34,37-38,52-53H,11-18H2,1-6H3,(H,45,46). The minimum atomic E-state index is -4.75. The molecule has 10 rings (SSSR count). The quantitative estimate of drug-likeness (QED) is 0.284. The van der Waals surface area contributed by atoms with Crippen LogP contribution in [0.5, 0.6) is 0 Å². The Bertz CT molecular complexity index is 2950. The fourth-order valence-electron chi connectivity index (χ4n) is 11.0. The Morgan fingerprint density at radius 3 is 1.85 bits per heavy atom. The number of hydrogen-bond donors (Lipinski definition) is 3. The summed E-state index contributed by atoms with van der Waals surface area (Å²) in [5.41, 5.74) is -0.820. The zero-order valence-corrected chi connectivity index (χ0v) is 39.7. The first kappa shape index (κ1) is 44.8. The molecule has 4 saturated heterocycles. The number of carbonyl (C=O) groups excluding carboxylic acids is 2. The molecule has 4 fully saturated rings. The van der Waals surface area contributed by atoms with E-state index in [1.807, 2.05) is 27.7 Å². The average molecular weight is 968 g/mol. The second kappa shape index (κ2) is 15.5. The van der Waals surface area contributed by atoms with Gasteiger partial charge in [-0.1, -0.05) is 27.7 Å². The van der Waals surface area contributed by atoms with E-state index in [1.54, 1.807) is 9.80 Å². The highest BCUT2D eigenvalue weighted by atomic mass is 32.2. The number of fused-ring (bicyclic) bond motifs is 12. The molecule has 0 radical (unpaired) electrons. The molecule has 2 aromatic carbocycles. The number of benzene rings is 2. The fraction of sp³-hybridized carbons (Fsp3) is 0.545. The molecule has 66 heavy (non-hydrogen) atoms. The summed E-state index contributed by atoms with van der Waals surface area (Å²) in [6, 6.07) is 6.96. The van der Waals surface area contributed by atoms with Crippen LogP contribution >= 0.6 is 0 Å². The van der Waals surface area contributed by atoms with E-state index in [9.17, 15) is 45.1 Å². The summed E-state index contributed by atoms with van der Waals surface area (Å²) in [5, 5.41) is 27.0. The van der Waals surface area contributed by atoms with Crippen molar-refractivity contribution in [1.29, 1.82) is 0 Å². The van der Waals surface area contributed by atoms with E-state index in [1.165, 1.54) is 42.3 Å². The molecule has 19 nitrogen and oxygen atoms in total. The number of ether oxygens (including phenoxy) is 2. The predicted molar refractivity (Wildman–Crippen MR) is 243 cm³/mol. The first-order valence-electron chi connectivity index (χ1n) is 22.4. The predicted octanol–water partition coefficient (Wildman–Crippen LogP) is 4.33. The summed E-state index contributed by atoms with van der Waals surface area (Å²) in [7, 11) is -12.1. The number of sulfonamides is 3. The van der Waals surface area contributed by atoms with Gasteiger partial charge in [0.2, 0.25) is 10.0 Å². The summed E-state index contributed by atoms with van der Waals surface area (Å²) in [6.07, 6.45) is 3.50. The third-order valence-electron chi connectivity index (χ3n) is 14.3. The van der Waals surface area contributed by atoms with E-state index >= 15 is 0 Å². The van der Waals surface area contributed by atoms with Gasteiger partial charge in [-0.25, -0.2) is 8.42 Å². The minimum Gasteiger partial charge on any atom is -0.511 e. The van der Waals surface area contributed by atoms with Crippen molar-refractivity contribution in [3.05, 3.63) is 59.1 Å². The highest BCUT2D eigenvalue weighted by Gasteiger charge is 2.60. The number of aliphatic hydroxyl groups is 2. The number of nitrogens with zero attached hydrogens (tertiary/aromatic N) is 6. The zero-order valence-electron chi connectivity index (χ0n) is 37.3. The van der Waals surface area contributed by atoms with Gasteiger partial charge in [0.1, 0.15) is 32.5 Å². The van der Waals surface area contributed by atoms with Crippen LogP contribution in [0.4, 0.5) is 22.7 Å². The lowest BCUT2D eigenvalue weighted by atomic mass is 9.77. The van der Waals surface area contributed by atoms with E-state index in [4.69, 9.17) is 9.47 Å². The summed E-state index contributed by atoms with van der Waals surface area (Å²) >= 11 is 0. The Labute approximate surface area is 384 Å². The van der Waals surface area contributed by atoms with Crippen LogP contribution in [0.2, 0.25) is 0 Å². The van der Waals surface area contributed by atoms with Gasteiger partial charge in [-0.3, -0.25) is 18.8 Å². The van der Waals surface area contributed by atoms with Gasteiger partial charge >= 0.3 is 0 Å². The molecule has 0 saturated carbocycles. The average Bonchev–Trinajstić information content (AvgIpc) is 4.06. The molecule has 2 aromatic rings. The largest absolute Gasteiger partial charge is 0.511 e. The molecule has 8 atom stereocenters. The van der Waals surface area contributed by atoms with E-state index in [-0.39, 0.29) is 81.5 Å². The molecule has 8 aliphatic heterocycles. The number of anilines is 4. The first-order chi connectivity index (χ1) is 31.1. The Hall–Kier alpha value is -5.03. The van der Waals surface area contributed by atoms with E-state index in [0.29, 0.717) is 38.6 Å². The van der Waals surface area contributed by atoms with Crippen LogP contribution in [-0.4, -0.2) is 132 Å². The van der Waals surface area contributed by atoms with Crippen LogP contribution in [-0.2, 0) is 49.1 Å². The van der Waals surface area contributed by atoms with Crippen LogP contribution in [0, 0.1) is 23.7 Å². The second-order valence-electron chi connectivity index (χ2n) is 19.3. The summed E-state index contributed by atoms with van der Waals surface area (Å²) in [5.74, 6) is -3.62. The summed E-state index contributed by atoms with van der Waals surface area (Å²) in [6.45, 7) is 8.73. The number of amides is 2. The van der Waals surface area contributed by atoms with Crippen molar-refractivity contribution in [3.63, 3.8) is 0 Å². The van der Waals surface area contributed by atoms with E-state index in [0.717, 1.165) is 23.0 Å². The Balaban J connectivity index is 1.10. The van der Waals surface area contributed by atoms with Gasteiger partial charge in [-0.2, -0.15) is 16.8 Å². The molecule has 8 unspecified atom stereocenters. The van der Waals surface area contributed by atoms with Crippen LogP contribution in [0.1, 0.15) is 66.2 Å². The van der Waals surface area contributed by atoms with Crippen molar-refractivity contribution < 1.29 is 54.5 Å². The van der Waals surface area contributed by atoms with Crippen molar-refractivity contribution in [2.75, 3.05) is 40.9 Å². The smallest absolute Gasteiger partial charge is 0.286 e. The van der Waals surface area contributed by atoms with Crippen molar-refractivity contribution in [2.24, 2.45) is 32.5 Å². The normalized spacial score (nSPS) is 30.4. The lowest BCUT2D eigenvalue weighted by molar-refractivity contribution is -0.133. The van der Waals surface area contributed by atoms with Crippen molar-refractivity contribution in [2.45, 2.75) is 113 Å². The Morgan fingerprint density at radius 1 is 0.758 bits per heavy atom. The van der Waals surface area contributed by atoms with Crippen molar-refractivity contribution >= 4 is 76.3 Å². The van der Waals surface area contributed by atoms with Gasteiger partial charge in [-0.05, 0) is 86.8 Å². The number of carbonyl (C=O) groups is 2. The van der Waals surface area contributed by atoms with Gasteiger partial charge in [0.25, 0.3) is 31.9 Å². The van der Waals surface area contributed by atoms with Gasteiger partial charge < -0.3 is 34.8 Å². The van der Waals surface area contributed by atoms with Crippen LogP contribution in [0.3, 0.4) is 0 Å². The maximum atomic E-state index is 14.9. The lowest BCUT2D eigenvalue weighted by Gasteiger charge is -2.43. The highest BCUT2D eigenvalue weighted by molar-refractivity contribution is 7.92. The summed E-state index contributed by atoms with van der Waals surface area (Å²) < 4.78 is 104. The maximum absolute atomic E-state index is 14.9. The van der Waals surface area contributed by atoms with E-state index in [2.05, 4.69) is 14.1 Å². The molecule has 0 spiro atoms. The Morgan fingerprint density at radius 2 is 1.29 bits per heavy atom. The third kappa shape index (κ3) is 6.94. The molecule has 0 aliphatic carbocycles. The second-order valence-corrected chi connectivity index (χ2v) is 24.5. The molecule has 0 aromatic heterocycles. The van der Waals surface area contributed by atoms with Crippen molar-refractivity contribution in [1.82, 2.24) is 9.80 Å². The molecular formula is C44H53N7O12S3. The van der Waals surface area contributed by atoms with E-state index < -0.39 is 94.0 Å². The van der Waals surface area contributed by atoms with Gasteiger partial charge in [-0.15, -0.1) is 8.80 Å². The topological polar surface area (TPSA) is 245 Å². The number of rotatable bonds is 11. The molecule has 2 amide bonds. The third-order valence-corrected chi connectivity index (χ3v) is 18.2. The van der Waals surface area contributed by atoms with Crippen LogP contribution in [0.15, 0.2) is 77.6 Å². The van der Waals surface area contributed by atoms with Gasteiger partial charge in [0.15, 0.2) is 11.7 Å². The molecular weight excluding hydrogens is 915 g/mol. The lowest BCUT2D eigenvalue weighted by Crippen LogP contribution is -2.57. The molecule has 3 N–H and O–H groups in total. The minimum absolute atomic E-state index is 0.0111. The Kier molecular flexibility index (Phi) is 10.5.